The Labute approximate surface area is 120 Å². The third-order valence-electron chi connectivity index (χ3n) is 3.56. The van der Waals surface area contributed by atoms with Crippen LogP contribution in [0.4, 0.5) is 4.39 Å². The van der Waals surface area contributed by atoms with Crippen LogP contribution in [0.25, 0.3) is 5.69 Å². The quantitative estimate of drug-likeness (QED) is 0.919. The van der Waals surface area contributed by atoms with E-state index < -0.39 is 0 Å². The first-order chi connectivity index (χ1) is 9.25. The summed E-state index contributed by atoms with van der Waals surface area (Å²) in [6.07, 6.45) is 5.96. The minimum absolute atomic E-state index is 0.251. The average molecular weight is 324 g/mol. The van der Waals surface area contributed by atoms with Gasteiger partial charge < -0.3 is 9.88 Å². The number of nitrogens with zero attached hydrogens (tertiary/aromatic N) is 2. The number of halogens is 2. The van der Waals surface area contributed by atoms with Gasteiger partial charge in [-0.25, -0.2) is 9.37 Å². The van der Waals surface area contributed by atoms with Gasteiger partial charge in [-0.2, -0.15) is 0 Å². The predicted molar refractivity (Wildman–Crippen MR) is 76.1 cm³/mol. The van der Waals surface area contributed by atoms with Crippen molar-refractivity contribution in [3.8, 4) is 5.69 Å². The van der Waals surface area contributed by atoms with Crippen molar-refractivity contribution < 1.29 is 4.39 Å². The number of piperidine rings is 1. The van der Waals surface area contributed by atoms with Crippen LogP contribution in [0.2, 0.25) is 0 Å². The summed E-state index contributed by atoms with van der Waals surface area (Å²) in [6.45, 7) is 2.04. The van der Waals surface area contributed by atoms with Crippen LogP contribution in [0.15, 0.2) is 35.2 Å². The van der Waals surface area contributed by atoms with Crippen LogP contribution >= 0.6 is 15.9 Å². The summed E-state index contributed by atoms with van der Waals surface area (Å²) < 4.78 is 16.1. The third-order valence-corrected chi connectivity index (χ3v) is 4.21. The number of benzene rings is 1. The van der Waals surface area contributed by atoms with Gasteiger partial charge in [-0.15, -0.1) is 0 Å². The van der Waals surface area contributed by atoms with Crippen LogP contribution in [-0.2, 0) is 0 Å². The molecule has 5 heteroatoms. The molecular weight excluding hydrogens is 309 g/mol. The zero-order valence-electron chi connectivity index (χ0n) is 10.4. The van der Waals surface area contributed by atoms with Gasteiger partial charge in [0.2, 0.25) is 0 Å². The number of aromatic nitrogens is 2. The zero-order valence-corrected chi connectivity index (χ0v) is 12.0. The van der Waals surface area contributed by atoms with E-state index >= 15 is 0 Å². The maximum atomic E-state index is 13.7. The van der Waals surface area contributed by atoms with Crippen LogP contribution in [0.5, 0.6) is 0 Å². The molecule has 3 rings (SSSR count). The highest BCUT2D eigenvalue weighted by molar-refractivity contribution is 9.10. The molecule has 1 N–H and O–H groups in total. The second-order valence-corrected chi connectivity index (χ2v) is 5.68. The lowest BCUT2D eigenvalue weighted by molar-refractivity contribution is 0.451. The van der Waals surface area contributed by atoms with Gasteiger partial charge >= 0.3 is 0 Å². The third kappa shape index (κ3) is 2.58. The van der Waals surface area contributed by atoms with Gasteiger partial charge in [0.15, 0.2) is 0 Å². The molecule has 1 aliphatic heterocycles. The summed E-state index contributed by atoms with van der Waals surface area (Å²) in [6, 6.07) is 5.16. The largest absolute Gasteiger partial charge is 0.316 e. The maximum absolute atomic E-state index is 13.7. The van der Waals surface area contributed by atoms with E-state index in [9.17, 15) is 4.39 Å². The van der Waals surface area contributed by atoms with Gasteiger partial charge in [-0.1, -0.05) is 0 Å². The minimum atomic E-state index is -0.251. The topological polar surface area (TPSA) is 29.9 Å². The monoisotopic (exact) mass is 323 g/mol. The summed E-state index contributed by atoms with van der Waals surface area (Å²) in [4.78, 5) is 4.23. The van der Waals surface area contributed by atoms with Crippen molar-refractivity contribution in [2.75, 3.05) is 13.1 Å². The number of rotatable bonds is 2. The Balaban J connectivity index is 1.96. The van der Waals surface area contributed by atoms with Gasteiger partial charge in [0.25, 0.3) is 0 Å². The Morgan fingerprint density at radius 1 is 1.42 bits per heavy atom. The molecule has 0 saturated carbocycles. The molecule has 100 valence electrons. The van der Waals surface area contributed by atoms with E-state index in [0.29, 0.717) is 10.4 Å². The smallest absolute Gasteiger partial charge is 0.139 e. The van der Waals surface area contributed by atoms with Crippen LogP contribution in [0, 0.1) is 5.82 Å². The normalized spacial score (nSPS) is 19.6. The van der Waals surface area contributed by atoms with Crippen LogP contribution in [-0.4, -0.2) is 22.6 Å². The first kappa shape index (κ1) is 12.8. The number of nitrogens with one attached hydrogen (secondary N) is 1. The highest BCUT2D eigenvalue weighted by atomic mass is 79.9. The van der Waals surface area contributed by atoms with E-state index in [1.54, 1.807) is 12.4 Å². The molecule has 0 amide bonds. The first-order valence-corrected chi connectivity index (χ1v) is 7.23. The lowest BCUT2D eigenvalue weighted by Crippen LogP contribution is -2.29. The summed E-state index contributed by atoms with van der Waals surface area (Å²) in [5, 5.41) is 3.40. The molecule has 0 bridgehead atoms. The number of hydrogen-bond donors (Lipinski definition) is 1. The minimum Gasteiger partial charge on any atom is -0.316 e. The summed E-state index contributed by atoms with van der Waals surface area (Å²) in [7, 11) is 0. The molecule has 1 aliphatic rings. The van der Waals surface area contributed by atoms with Crippen molar-refractivity contribution in [1.82, 2.24) is 14.9 Å². The molecule has 0 aliphatic carbocycles. The highest BCUT2D eigenvalue weighted by Gasteiger charge is 2.19. The Morgan fingerprint density at radius 2 is 2.32 bits per heavy atom. The molecule has 19 heavy (non-hydrogen) atoms. The van der Waals surface area contributed by atoms with Crippen molar-refractivity contribution in [2.45, 2.75) is 18.8 Å². The Morgan fingerprint density at radius 3 is 3.05 bits per heavy atom. The molecule has 1 aromatic carbocycles. The average Bonchev–Trinajstić information content (AvgIpc) is 2.92. The summed E-state index contributed by atoms with van der Waals surface area (Å²) >= 11 is 3.18. The van der Waals surface area contributed by atoms with E-state index in [1.165, 1.54) is 12.5 Å². The predicted octanol–water partition coefficient (Wildman–Crippen LogP) is 3.24. The number of hydrogen-bond acceptors (Lipinski definition) is 2. The fraction of sp³-hybridized carbons (Fsp3) is 0.357. The second-order valence-electron chi connectivity index (χ2n) is 4.83. The number of imidazole rings is 1. The lowest BCUT2D eigenvalue weighted by Gasteiger charge is -2.23. The molecule has 1 saturated heterocycles. The standard InChI is InChI=1S/C14H15BrFN3/c15-12-4-3-11(6-13(12)16)19-9-18-8-14(19)10-2-1-5-17-7-10/h3-4,6,8-10,17H,1-2,5,7H2. The molecule has 1 fully saturated rings. The fourth-order valence-corrected chi connectivity index (χ4v) is 2.81. The van der Waals surface area contributed by atoms with Gasteiger partial charge in [0.05, 0.1) is 10.8 Å². The SMILES string of the molecule is Fc1cc(-n2cncc2C2CCCNC2)ccc1Br. The maximum Gasteiger partial charge on any atom is 0.139 e. The molecule has 1 unspecified atom stereocenters. The molecule has 0 radical (unpaired) electrons. The van der Waals surface area contributed by atoms with Crippen molar-refractivity contribution in [3.05, 3.63) is 46.7 Å². The Bertz CT molecular complexity index is 576. The van der Waals surface area contributed by atoms with Gasteiger partial charge in [0.1, 0.15) is 5.82 Å². The lowest BCUT2D eigenvalue weighted by atomic mass is 9.96. The van der Waals surface area contributed by atoms with E-state index in [1.807, 2.05) is 16.8 Å². The van der Waals surface area contributed by atoms with Gasteiger partial charge in [0, 0.05) is 30.0 Å². The van der Waals surface area contributed by atoms with Crippen LogP contribution < -0.4 is 5.32 Å². The Kier molecular flexibility index (Phi) is 3.66. The van der Waals surface area contributed by atoms with Crippen molar-refractivity contribution >= 4 is 15.9 Å². The van der Waals surface area contributed by atoms with Gasteiger partial charge in [-0.3, -0.25) is 0 Å². The van der Waals surface area contributed by atoms with Crippen LogP contribution in [0.1, 0.15) is 24.5 Å². The molecule has 2 aromatic rings. The van der Waals surface area contributed by atoms with E-state index in [0.717, 1.165) is 30.9 Å². The molecule has 2 heterocycles. The van der Waals surface area contributed by atoms with E-state index in [2.05, 4.69) is 26.2 Å². The molecular formula is C14H15BrFN3. The highest BCUT2D eigenvalue weighted by Crippen LogP contribution is 2.26. The second kappa shape index (κ2) is 5.43. The van der Waals surface area contributed by atoms with Crippen LogP contribution in [0.3, 0.4) is 0 Å². The van der Waals surface area contributed by atoms with Crippen molar-refractivity contribution in [2.24, 2.45) is 0 Å². The van der Waals surface area contributed by atoms with Crippen molar-refractivity contribution in [1.29, 1.82) is 0 Å². The molecule has 0 spiro atoms. The molecule has 3 nitrogen and oxygen atoms in total. The first-order valence-electron chi connectivity index (χ1n) is 6.44. The molecule has 1 aromatic heterocycles. The van der Waals surface area contributed by atoms with E-state index in [4.69, 9.17) is 0 Å². The Hall–Kier alpha value is -1.20. The molecule has 1 atom stereocenters. The van der Waals surface area contributed by atoms with Gasteiger partial charge in [-0.05, 0) is 53.5 Å². The zero-order chi connectivity index (χ0) is 13.2. The summed E-state index contributed by atoms with van der Waals surface area (Å²) in [5.74, 6) is 0.196. The van der Waals surface area contributed by atoms with E-state index in [-0.39, 0.29) is 5.82 Å². The van der Waals surface area contributed by atoms with Crippen molar-refractivity contribution in [3.63, 3.8) is 0 Å². The fourth-order valence-electron chi connectivity index (χ4n) is 2.56. The summed E-state index contributed by atoms with van der Waals surface area (Å²) in [5.41, 5.74) is 1.97.